The molecule has 0 unspecified atom stereocenters. The molecule has 0 atom stereocenters. The van der Waals surface area contributed by atoms with Crippen molar-refractivity contribution in [2.45, 2.75) is 13.5 Å². The second-order valence-corrected chi connectivity index (χ2v) is 7.58. The molecule has 1 aromatic carbocycles. The number of benzene rings is 1. The van der Waals surface area contributed by atoms with Gasteiger partial charge >= 0.3 is 0 Å². The number of nitrogens with one attached hydrogen (secondary N) is 3. The molecule has 0 spiro atoms. The van der Waals surface area contributed by atoms with E-state index in [-0.39, 0.29) is 6.54 Å². The van der Waals surface area contributed by atoms with Crippen LogP contribution in [-0.4, -0.2) is 23.1 Å². The lowest BCUT2D eigenvalue weighted by Gasteiger charge is -2.24. The van der Waals surface area contributed by atoms with Crippen LogP contribution in [0.5, 0.6) is 0 Å². The molecule has 2 heterocycles. The standard InChI is InChI=1S/C21H19Cl2N6O2/c1-13-8-20(26-7-6-25-19-5-2-14(11-27-19)12-29(30)31)28-21(17(13)10-24)16-4-3-15(22)9-18(16)23/h2-5,8-9,11,29H,6-7,12H2,1H3,(H,25,27)(H,26,28)/q-1. The van der Waals surface area contributed by atoms with Crippen molar-refractivity contribution >= 4 is 34.8 Å². The Bertz CT molecular complexity index is 1100. The van der Waals surface area contributed by atoms with Gasteiger partial charge in [-0.2, -0.15) is 5.26 Å². The van der Waals surface area contributed by atoms with Gasteiger partial charge in [0.05, 0.1) is 16.3 Å². The minimum atomic E-state index is -1.14. The summed E-state index contributed by atoms with van der Waals surface area (Å²) in [6.07, 6.45) is 1.50. The second-order valence-electron chi connectivity index (χ2n) is 6.74. The van der Waals surface area contributed by atoms with Crippen molar-refractivity contribution in [2.75, 3.05) is 23.7 Å². The number of nitrogens with zero attached hydrogens (tertiary/aromatic N) is 3. The van der Waals surface area contributed by atoms with Gasteiger partial charge < -0.3 is 26.3 Å². The van der Waals surface area contributed by atoms with Crippen molar-refractivity contribution in [2.24, 2.45) is 0 Å². The van der Waals surface area contributed by atoms with Crippen molar-refractivity contribution in [1.29, 1.82) is 5.26 Å². The molecular formula is C21H19Cl2N6O2-. The van der Waals surface area contributed by atoms with Gasteiger partial charge in [0.15, 0.2) is 0 Å². The van der Waals surface area contributed by atoms with E-state index in [1.807, 2.05) is 6.92 Å². The summed E-state index contributed by atoms with van der Waals surface area (Å²) in [6.45, 7) is 2.76. The molecule has 3 rings (SSSR count). The smallest absolute Gasteiger partial charge is 0.127 e. The van der Waals surface area contributed by atoms with Crippen LogP contribution in [0.25, 0.3) is 11.3 Å². The first-order chi connectivity index (χ1) is 14.9. The number of anilines is 2. The molecule has 0 aliphatic carbocycles. The third-order valence-corrected chi connectivity index (χ3v) is 4.97. The van der Waals surface area contributed by atoms with Crippen LogP contribution in [0, 0.1) is 28.7 Å². The van der Waals surface area contributed by atoms with Gasteiger partial charge in [-0.1, -0.05) is 23.2 Å². The van der Waals surface area contributed by atoms with E-state index in [4.69, 9.17) is 23.2 Å². The SMILES string of the molecule is Cc1cc(NCCNc2ccc(C[NH+]([O-])[O-])cn2)nc(-c2ccc(Cl)cc2Cl)c1C#N. The van der Waals surface area contributed by atoms with Crippen LogP contribution in [0.4, 0.5) is 11.6 Å². The molecule has 0 saturated carbocycles. The summed E-state index contributed by atoms with van der Waals surface area (Å²) >= 11 is 12.3. The highest BCUT2D eigenvalue weighted by atomic mass is 35.5. The van der Waals surface area contributed by atoms with Crippen LogP contribution in [0.1, 0.15) is 16.7 Å². The second kappa shape index (κ2) is 10.4. The molecule has 10 heteroatoms. The molecular weight excluding hydrogens is 439 g/mol. The highest BCUT2D eigenvalue weighted by Gasteiger charge is 2.15. The van der Waals surface area contributed by atoms with Crippen molar-refractivity contribution < 1.29 is 5.23 Å². The third kappa shape index (κ3) is 6.04. The van der Waals surface area contributed by atoms with Gasteiger partial charge in [-0.15, -0.1) is 0 Å². The average Bonchev–Trinajstić information content (AvgIpc) is 2.71. The minimum absolute atomic E-state index is 0.168. The molecule has 31 heavy (non-hydrogen) atoms. The number of rotatable bonds is 8. The predicted molar refractivity (Wildman–Crippen MR) is 122 cm³/mol. The molecule has 0 saturated heterocycles. The van der Waals surface area contributed by atoms with Crippen LogP contribution < -0.4 is 15.9 Å². The summed E-state index contributed by atoms with van der Waals surface area (Å²) in [7, 11) is 0. The molecule has 3 aromatic rings. The van der Waals surface area contributed by atoms with E-state index in [1.165, 1.54) is 6.20 Å². The molecule has 0 aliphatic rings. The Balaban J connectivity index is 1.67. The number of halogens is 2. The number of quaternary nitrogens is 1. The first-order valence-electron chi connectivity index (χ1n) is 9.37. The summed E-state index contributed by atoms with van der Waals surface area (Å²) in [5.41, 5.74) is 2.93. The Kier molecular flexibility index (Phi) is 7.63. The number of pyridine rings is 2. The van der Waals surface area contributed by atoms with Crippen molar-refractivity contribution in [3.05, 3.63) is 79.7 Å². The average molecular weight is 458 g/mol. The molecule has 0 radical (unpaired) electrons. The van der Waals surface area contributed by atoms with Gasteiger partial charge in [0.1, 0.15) is 24.2 Å². The number of nitriles is 1. The number of hydrogen-bond donors (Lipinski definition) is 3. The molecule has 2 aromatic heterocycles. The van der Waals surface area contributed by atoms with E-state index in [0.29, 0.717) is 57.2 Å². The summed E-state index contributed by atoms with van der Waals surface area (Å²) in [6, 6.07) is 12.5. The zero-order chi connectivity index (χ0) is 22.4. The molecule has 160 valence electrons. The molecule has 0 aliphatic heterocycles. The molecule has 0 amide bonds. The quantitative estimate of drug-likeness (QED) is 0.348. The first-order valence-corrected chi connectivity index (χ1v) is 10.1. The molecule has 0 bridgehead atoms. The highest BCUT2D eigenvalue weighted by Crippen LogP contribution is 2.33. The monoisotopic (exact) mass is 457 g/mol. The minimum Gasteiger partial charge on any atom is -0.633 e. The Morgan fingerprint density at radius 2 is 1.81 bits per heavy atom. The largest absolute Gasteiger partial charge is 0.633 e. The molecule has 8 nitrogen and oxygen atoms in total. The summed E-state index contributed by atoms with van der Waals surface area (Å²) in [5.74, 6) is 1.23. The van der Waals surface area contributed by atoms with Gasteiger partial charge in [-0.3, -0.25) is 0 Å². The van der Waals surface area contributed by atoms with Crippen LogP contribution in [0.2, 0.25) is 10.0 Å². The maximum atomic E-state index is 10.6. The predicted octanol–water partition coefficient (Wildman–Crippen LogP) is 3.54. The molecule has 3 N–H and O–H groups in total. The lowest BCUT2D eigenvalue weighted by atomic mass is 10.0. The highest BCUT2D eigenvalue weighted by molar-refractivity contribution is 6.36. The topological polar surface area (TPSA) is 124 Å². The van der Waals surface area contributed by atoms with E-state index in [2.05, 4.69) is 26.7 Å². The Hall–Kier alpha value is -2.93. The van der Waals surface area contributed by atoms with E-state index >= 15 is 0 Å². The number of aryl methyl sites for hydroxylation is 1. The van der Waals surface area contributed by atoms with E-state index in [1.54, 1.807) is 36.4 Å². The van der Waals surface area contributed by atoms with Crippen LogP contribution in [0.3, 0.4) is 0 Å². The number of hydrogen-bond acceptors (Lipinski definition) is 7. The third-order valence-electron chi connectivity index (χ3n) is 4.43. The van der Waals surface area contributed by atoms with E-state index in [9.17, 15) is 15.7 Å². The first kappa shape index (κ1) is 22.7. The van der Waals surface area contributed by atoms with Crippen molar-refractivity contribution in [3.8, 4) is 17.3 Å². The fourth-order valence-electron chi connectivity index (χ4n) is 2.96. The lowest BCUT2D eigenvalue weighted by molar-refractivity contribution is -0.807. The Labute approximate surface area is 189 Å². The van der Waals surface area contributed by atoms with Gasteiger partial charge in [0, 0.05) is 35.4 Å². The van der Waals surface area contributed by atoms with Crippen molar-refractivity contribution in [1.82, 2.24) is 9.97 Å². The van der Waals surface area contributed by atoms with Crippen molar-refractivity contribution in [3.63, 3.8) is 0 Å². The lowest BCUT2D eigenvalue weighted by Crippen LogP contribution is -3.00. The fraction of sp³-hybridized carbons (Fsp3) is 0.190. The van der Waals surface area contributed by atoms with E-state index in [0.717, 1.165) is 5.56 Å². The zero-order valence-electron chi connectivity index (χ0n) is 16.6. The van der Waals surface area contributed by atoms with Gasteiger partial charge in [0.25, 0.3) is 0 Å². The Morgan fingerprint density at radius 1 is 1.06 bits per heavy atom. The van der Waals surface area contributed by atoms with Crippen LogP contribution in [0.15, 0.2) is 42.6 Å². The summed E-state index contributed by atoms with van der Waals surface area (Å²) < 4.78 is 0. The van der Waals surface area contributed by atoms with E-state index < -0.39 is 5.23 Å². The normalized spacial score (nSPS) is 10.7. The number of aromatic nitrogens is 2. The molecule has 0 fully saturated rings. The maximum absolute atomic E-state index is 10.6. The summed E-state index contributed by atoms with van der Waals surface area (Å²) in [4.78, 5) is 8.76. The summed E-state index contributed by atoms with van der Waals surface area (Å²) in [5, 5.41) is 36.9. The van der Waals surface area contributed by atoms with Gasteiger partial charge in [-0.05, 0) is 48.9 Å². The van der Waals surface area contributed by atoms with Gasteiger partial charge in [0.2, 0.25) is 0 Å². The van der Waals surface area contributed by atoms with Crippen LogP contribution >= 0.6 is 23.2 Å². The number of hydroxylamine groups is 2. The maximum Gasteiger partial charge on any atom is 0.127 e. The Morgan fingerprint density at radius 3 is 2.42 bits per heavy atom. The zero-order valence-corrected chi connectivity index (χ0v) is 18.1. The van der Waals surface area contributed by atoms with Gasteiger partial charge in [-0.25, -0.2) is 9.97 Å². The fourth-order valence-corrected chi connectivity index (χ4v) is 3.46. The van der Waals surface area contributed by atoms with Crippen LogP contribution in [-0.2, 0) is 6.54 Å².